The second-order valence-corrected chi connectivity index (χ2v) is 9.26. The number of benzene rings is 1. The first-order valence-corrected chi connectivity index (χ1v) is 10.8. The number of aliphatic hydroxyl groups is 1. The third-order valence-electron chi connectivity index (χ3n) is 3.52. The summed E-state index contributed by atoms with van der Waals surface area (Å²) < 4.78 is 39.9. The quantitative estimate of drug-likeness (QED) is 0.640. The van der Waals surface area contributed by atoms with E-state index in [0.717, 1.165) is 15.3 Å². The molecule has 3 rings (SSSR count). The van der Waals surface area contributed by atoms with Crippen LogP contribution in [0.3, 0.4) is 0 Å². The lowest BCUT2D eigenvalue weighted by atomic mass is 10.2. The van der Waals surface area contributed by atoms with Gasteiger partial charge in [-0.1, -0.05) is 12.1 Å². The smallest absolute Gasteiger partial charge is 0.216 e. The van der Waals surface area contributed by atoms with E-state index in [1.807, 2.05) is 16.8 Å². The highest BCUT2D eigenvalue weighted by Crippen LogP contribution is 2.29. The number of hydrogen-bond donors (Lipinski definition) is 2. The molecule has 1 unspecified atom stereocenters. The highest BCUT2D eigenvalue weighted by molar-refractivity contribution is 7.88. The Hall–Kier alpha value is -1.58. The number of nitrogens with one attached hydrogen (secondary N) is 1. The van der Waals surface area contributed by atoms with Gasteiger partial charge in [0.1, 0.15) is 11.9 Å². The third kappa shape index (κ3) is 4.96. The van der Waals surface area contributed by atoms with E-state index in [1.54, 1.807) is 18.2 Å². The van der Waals surface area contributed by atoms with Crippen molar-refractivity contribution in [2.24, 2.45) is 0 Å². The lowest BCUT2D eigenvalue weighted by Gasteiger charge is -2.07. The van der Waals surface area contributed by atoms with Gasteiger partial charge in [-0.3, -0.25) is 0 Å². The van der Waals surface area contributed by atoms with Crippen LogP contribution in [0.2, 0.25) is 0 Å². The molecule has 132 valence electrons. The van der Waals surface area contributed by atoms with Gasteiger partial charge >= 0.3 is 0 Å². The van der Waals surface area contributed by atoms with E-state index in [1.165, 1.54) is 40.9 Å². The molecule has 4 nitrogen and oxygen atoms in total. The summed E-state index contributed by atoms with van der Waals surface area (Å²) in [6.07, 6.45) is -0.700. The zero-order valence-electron chi connectivity index (χ0n) is 13.1. The topological polar surface area (TPSA) is 66.4 Å². The molecule has 2 aromatic heterocycles. The third-order valence-corrected chi connectivity index (χ3v) is 6.66. The first kappa shape index (κ1) is 18.2. The fourth-order valence-corrected chi connectivity index (χ4v) is 5.14. The highest BCUT2D eigenvalue weighted by atomic mass is 32.2. The summed E-state index contributed by atoms with van der Waals surface area (Å²) in [4.78, 5) is 1.56. The normalized spacial score (nSPS) is 13.0. The Morgan fingerprint density at radius 1 is 1.20 bits per heavy atom. The second-order valence-electron chi connectivity index (χ2n) is 5.47. The van der Waals surface area contributed by atoms with E-state index in [0.29, 0.717) is 5.56 Å². The van der Waals surface area contributed by atoms with E-state index in [4.69, 9.17) is 0 Å². The van der Waals surface area contributed by atoms with E-state index in [-0.39, 0.29) is 12.3 Å². The number of thiophene rings is 2. The van der Waals surface area contributed by atoms with Crippen LogP contribution in [-0.4, -0.2) is 13.5 Å². The van der Waals surface area contributed by atoms with Crippen LogP contribution in [-0.2, 0) is 22.3 Å². The van der Waals surface area contributed by atoms with Crippen LogP contribution in [0.1, 0.15) is 27.0 Å². The predicted octanol–water partition coefficient (Wildman–Crippen LogP) is 3.65. The Balaban J connectivity index is 1.61. The molecule has 0 aliphatic carbocycles. The maximum absolute atomic E-state index is 13.2. The summed E-state index contributed by atoms with van der Waals surface area (Å²) in [5.74, 6) is -0.737. The monoisotopic (exact) mass is 397 g/mol. The van der Waals surface area contributed by atoms with Gasteiger partial charge in [0.05, 0.1) is 5.75 Å². The molecule has 0 bridgehead atoms. The molecule has 8 heteroatoms. The molecule has 0 saturated heterocycles. The van der Waals surface area contributed by atoms with Crippen molar-refractivity contribution < 1.29 is 17.9 Å². The van der Waals surface area contributed by atoms with E-state index >= 15 is 0 Å². The molecule has 0 spiro atoms. The standard InChI is InChI=1S/C17H16FNO3S3/c18-14-3-1-2-12(8-14)11-25(21,22)19-9-15-4-5-16(24-15)17(20)13-6-7-23-10-13/h1-8,10,17,19-20H,9,11H2. The van der Waals surface area contributed by atoms with Gasteiger partial charge in [0.2, 0.25) is 10.0 Å². The van der Waals surface area contributed by atoms with Gasteiger partial charge < -0.3 is 5.11 Å². The fraction of sp³-hybridized carbons (Fsp3) is 0.176. The zero-order chi connectivity index (χ0) is 17.9. The van der Waals surface area contributed by atoms with Crippen molar-refractivity contribution in [3.05, 3.63) is 79.9 Å². The summed E-state index contributed by atoms with van der Waals surface area (Å²) >= 11 is 2.87. The Labute approximate surface area is 153 Å². The van der Waals surface area contributed by atoms with Gasteiger partial charge in [0.15, 0.2) is 0 Å². The van der Waals surface area contributed by atoms with E-state index in [2.05, 4.69) is 4.72 Å². The van der Waals surface area contributed by atoms with Crippen LogP contribution in [0.5, 0.6) is 0 Å². The predicted molar refractivity (Wildman–Crippen MR) is 98.6 cm³/mol. The minimum atomic E-state index is -3.57. The number of rotatable bonds is 7. The molecule has 0 amide bonds. The molecule has 2 N–H and O–H groups in total. The van der Waals surface area contributed by atoms with Crippen molar-refractivity contribution in [1.82, 2.24) is 4.72 Å². The molecular formula is C17H16FNO3S3. The van der Waals surface area contributed by atoms with Gasteiger partial charge in [0.25, 0.3) is 0 Å². The van der Waals surface area contributed by atoms with Crippen LogP contribution < -0.4 is 4.72 Å². The summed E-state index contributed by atoms with van der Waals surface area (Å²) in [7, 11) is -3.57. The summed E-state index contributed by atoms with van der Waals surface area (Å²) in [5, 5.41) is 14.1. The van der Waals surface area contributed by atoms with Crippen LogP contribution in [0.15, 0.2) is 53.2 Å². The van der Waals surface area contributed by atoms with Crippen molar-refractivity contribution in [1.29, 1.82) is 0 Å². The van der Waals surface area contributed by atoms with Crippen molar-refractivity contribution >= 4 is 32.7 Å². The van der Waals surface area contributed by atoms with Crippen molar-refractivity contribution in [3.63, 3.8) is 0 Å². The minimum Gasteiger partial charge on any atom is -0.383 e. The molecule has 0 aliphatic rings. The van der Waals surface area contributed by atoms with Crippen LogP contribution in [0.25, 0.3) is 0 Å². The highest BCUT2D eigenvalue weighted by Gasteiger charge is 2.15. The van der Waals surface area contributed by atoms with Gasteiger partial charge in [-0.25, -0.2) is 17.5 Å². The summed E-state index contributed by atoms with van der Waals surface area (Å²) in [5.41, 5.74) is 1.22. The maximum atomic E-state index is 13.2. The van der Waals surface area contributed by atoms with Crippen LogP contribution >= 0.6 is 22.7 Å². The molecule has 2 heterocycles. The van der Waals surface area contributed by atoms with Crippen LogP contribution in [0.4, 0.5) is 4.39 Å². The Morgan fingerprint density at radius 3 is 2.76 bits per heavy atom. The van der Waals surface area contributed by atoms with E-state index < -0.39 is 21.9 Å². The fourth-order valence-electron chi connectivity index (χ4n) is 2.31. The lowest BCUT2D eigenvalue weighted by molar-refractivity contribution is 0.224. The molecule has 25 heavy (non-hydrogen) atoms. The molecule has 1 aromatic carbocycles. The zero-order valence-corrected chi connectivity index (χ0v) is 15.5. The average Bonchev–Trinajstić information content (AvgIpc) is 3.24. The van der Waals surface area contributed by atoms with Crippen molar-refractivity contribution in [2.45, 2.75) is 18.4 Å². The SMILES string of the molecule is O=S(=O)(Cc1cccc(F)c1)NCc1ccc(C(O)c2ccsc2)s1. The van der Waals surface area contributed by atoms with Crippen molar-refractivity contribution in [3.8, 4) is 0 Å². The Morgan fingerprint density at radius 2 is 2.04 bits per heavy atom. The molecule has 3 aromatic rings. The number of sulfonamides is 1. The molecule has 0 saturated carbocycles. The van der Waals surface area contributed by atoms with E-state index in [9.17, 15) is 17.9 Å². The van der Waals surface area contributed by atoms with Gasteiger partial charge in [0, 0.05) is 16.3 Å². The summed E-state index contributed by atoms with van der Waals surface area (Å²) in [6.45, 7) is 0.138. The Bertz CT molecular complexity index is 936. The molecule has 0 fully saturated rings. The first-order chi connectivity index (χ1) is 11.9. The second kappa shape index (κ2) is 7.76. The number of halogens is 1. The van der Waals surface area contributed by atoms with Crippen LogP contribution in [0, 0.1) is 5.82 Å². The first-order valence-electron chi connectivity index (χ1n) is 7.43. The van der Waals surface area contributed by atoms with Gasteiger partial charge in [-0.05, 0) is 52.2 Å². The maximum Gasteiger partial charge on any atom is 0.216 e. The molecular weight excluding hydrogens is 381 g/mol. The average molecular weight is 398 g/mol. The van der Waals surface area contributed by atoms with Crippen molar-refractivity contribution in [2.75, 3.05) is 0 Å². The number of aliphatic hydroxyl groups excluding tert-OH is 1. The minimum absolute atomic E-state index is 0.138. The lowest BCUT2D eigenvalue weighted by Crippen LogP contribution is -2.24. The molecule has 0 radical (unpaired) electrons. The molecule has 1 atom stereocenters. The largest absolute Gasteiger partial charge is 0.383 e. The van der Waals surface area contributed by atoms with Gasteiger partial charge in [-0.15, -0.1) is 11.3 Å². The molecule has 0 aliphatic heterocycles. The summed E-state index contributed by atoms with van der Waals surface area (Å²) in [6, 6.07) is 11.0. The Kier molecular flexibility index (Phi) is 5.65. The van der Waals surface area contributed by atoms with Gasteiger partial charge in [-0.2, -0.15) is 11.3 Å². The number of hydrogen-bond acceptors (Lipinski definition) is 5.